The normalized spacial score (nSPS) is 10.6. The van der Waals surface area contributed by atoms with E-state index < -0.39 is 23.3 Å². The quantitative estimate of drug-likeness (QED) is 0.700. The molecular weight excluding hydrogens is 232 g/mol. The molecule has 0 N–H and O–H groups in total. The van der Waals surface area contributed by atoms with Crippen LogP contribution in [-0.4, -0.2) is 0 Å². The summed E-state index contributed by atoms with van der Waals surface area (Å²) in [4.78, 5) is 0. The molecule has 0 radical (unpaired) electrons. The van der Waals surface area contributed by atoms with E-state index in [0.717, 1.165) is 18.2 Å². The van der Waals surface area contributed by atoms with Crippen LogP contribution in [0.5, 0.6) is 0 Å². The van der Waals surface area contributed by atoms with Crippen LogP contribution in [0.25, 0.3) is 0 Å². The zero-order chi connectivity index (χ0) is 12.4. The van der Waals surface area contributed by atoms with Crippen molar-refractivity contribution in [2.75, 3.05) is 0 Å². The average molecular weight is 240 g/mol. The minimum absolute atomic E-state index is 0.0513. The van der Waals surface area contributed by atoms with E-state index in [4.69, 9.17) is 0 Å². The predicted octanol–water partition coefficient (Wildman–Crippen LogP) is 3.83. The van der Waals surface area contributed by atoms with Gasteiger partial charge in [-0.3, -0.25) is 0 Å². The van der Waals surface area contributed by atoms with E-state index >= 15 is 0 Å². The number of rotatable bonds is 2. The van der Waals surface area contributed by atoms with Crippen LogP contribution in [0.3, 0.4) is 0 Å². The largest absolute Gasteiger partial charge is 0.207 e. The fraction of sp³-hybridized carbons (Fsp3) is 0.0769. The second-order valence-corrected chi connectivity index (χ2v) is 3.61. The molecule has 4 heteroatoms. The van der Waals surface area contributed by atoms with Crippen LogP contribution in [0.1, 0.15) is 11.1 Å². The third kappa shape index (κ3) is 2.46. The molecule has 0 aromatic heterocycles. The molecule has 0 spiro atoms. The highest BCUT2D eigenvalue weighted by molar-refractivity contribution is 5.29. The van der Waals surface area contributed by atoms with Crippen LogP contribution >= 0.6 is 0 Å². The molecule has 17 heavy (non-hydrogen) atoms. The number of halogens is 4. The van der Waals surface area contributed by atoms with E-state index in [0.29, 0.717) is 6.07 Å². The molecule has 0 aliphatic heterocycles. The number of benzene rings is 2. The highest BCUT2D eigenvalue weighted by Gasteiger charge is 2.12. The summed E-state index contributed by atoms with van der Waals surface area (Å²) in [5.41, 5.74) is -0.173. The fourth-order valence-corrected chi connectivity index (χ4v) is 1.56. The van der Waals surface area contributed by atoms with Gasteiger partial charge in [-0.05, 0) is 23.8 Å². The standard InChI is InChI=1S/C13H8F4/c14-9-5-4-8(13(17)7-9)6-10-11(15)2-1-3-12(10)16/h1-5,7H,6H2. The first-order chi connectivity index (χ1) is 8.08. The minimum Gasteiger partial charge on any atom is -0.207 e. The molecule has 0 fully saturated rings. The van der Waals surface area contributed by atoms with Crippen molar-refractivity contribution in [2.24, 2.45) is 0 Å². The minimum atomic E-state index is -0.812. The maximum absolute atomic E-state index is 13.3. The van der Waals surface area contributed by atoms with Crippen LogP contribution in [0.4, 0.5) is 17.6 Å². The van der Waals surface area contributed by atoms with E-state index in [1.165, 1.54) is 12.1 Å². The van der Waals surface area contributed by atoms with E-state index in [1.54, 1.807) is 0 Å². The van der Waals surface area contributed by atoms with Crippen LogP contribution in [-0.2, 0) is 6.42 Å². The summed E-state index contributed by atoms with van der Waals surface area (Å²) in [6.07, 6.45) is -0.245. The van der Waals surface area contributed by atoms with Crippen molar-refractivity contribution in [1.29, 1.82) is 0 Å². The van der Waals surface area contributed by atoms with Gasteiger partial charge in [-0.2, -0.15) is 0 Å². The van der Waals surface area contributed by atoms with Crippen molar-refractivity contribution < 1.29 is 17.6 Å². The lowest BCUT2D eigenvalue weighted by molar-refractivity contribution is 0.551. The lowest BCUT2D eigenvalue weighted by Gasteiger charge is -2.06. The van der Waals surface area contributed by atoms with E-state index in [2.05, 4.69) is 0 Å². The summed E-state index contributed by atoms with van der Waals surface area (Å²) in [7, 11) is 0. The number of hydrogen-bond acceptors (Lipinski definition) is 0. The zero-order valence-electron chi connectivity index (χ0n) is 8.68. The molecule has 0 aliphatic carbocycles. The average Bonchev–Trinajstić information content (AvgIpc) is 2.26. The van der Waals surface area contributed by atoms with Gasteiger partial charge in [-0.25, -0.2) is 17.6 Å². The fourth-order valence-electron chi connectivity index (χ4n) is 1.56. The maximum Gasteiger partial charge on any atom is 0.129 e. The van der Waals surface area contributed by atoms with Crippen LogP contribution in [0.2, 0.25) is 0 Å². The van der Waals surface area contributed by atoms with Crippen molar-refractivity contribution in [2.45, 2.75) is 6.42 Å². The summed E-state index contributed by atoms with van der Waals surface area (Å²) in [6.45, 7) is 0. The van der Waals surface area contributed by atoms with Crippen molar-refractivity contribution in [3.05, 3.63) is 70.8 Å². The first kappa shape index (κ1) is 11.6. The van der Waals surface area contributed by atoms with Crippen molar-refractivity contribution >= 4 is 0 Å². The van der Waals surface area contributed by atoms with Gasteiger partial charge in [0.15, 0.2) is 0 Å². The third-order valence-corrected chi connectivity index (χ3v) is 2.44. The molecule has 2 rings (SSSR count). The monoisotopic (exact) mass is 240 g/mol. The molecule has 0 heterocycles. The van der Waals surface area contributed by atoms with Crippen molar-refractivity contribution in [3.8, 4) is 0 Å². The molecule has 2 aromatic carbocycles. The molecule has 0 amide bonds. The van der Waals surface area contributed by atoms with Gasteiger partial charge >= 0.3 is 0 Å². The molecule has 0 saturated carbocycles. The molecule has 0 aliphatic rings. The number of hydrogen-bond donors (Lipinski definition) is 0. The molecular formula is C13H8F4. The summed E-state index contributed by atoms with van der Waals surface area (Å²) in [5.74, 6) is -3.02. The van der Waals surface area contributed by atoms with Gasteiger partial charge < -0.3 is 0 Å². The Morgan fingerprint density at radius 1 is 0.765 bits per heavy atom. The second kappa shape index (κ2) is 4.57. The summed E-state index contributed by atoms with van der Waals surface area (Å²) >= 11 is 0. The summed E-state index contributed by atoms with van der Waals surface area (Å²) in [5, 5.41) is 0. The van der Waals surface area contributed by atoms with E-state index in [1.807, 2.05) is 0 Å². The summed E-state index contributed by atoms with van der Waals surface area (Å²) in [6, 6.07) is 6.34. The Balaban J connectivity index is 2.38. The topological polar surface area (TPSA) is 0 Å². The molecule has 2 aromatic rings. The van der Waals surface area contributed by atoms with Gasteiger partial charge in [0.05, 0.1) is 0 Å². The van der Waals surface area contributed by atoms with Gasteiger partial charge in [-0.15, -0.1) is 0 Å². The van der Waals surface area contributed by atoms with E-state index in [-0.39, 0.29) is 17.5 Å². The molecule has 0 unspecified atom stereocenters. The van der Waals surface area contributed by atoms with Gasteiger partial charge in [0.25, 0.3) is 0 Å². The lowest BCUT2D eigenvalue weighted by atomic mass is 10.0. The molecule has 0 nitrogen and oxygen atoms in total. The zero-order valence-corrected chi connectivity index (χ0v) is 8.68. The lowest BCUT2D eigenvalue weighted by Crippen LogP contribution is -1.99. The Morgan fingerprint density at radius 3 is 2.00 bits per heavy atom. The third-order valence-electron chi connectivity index (χ3n) is 2.44. The Morgan fingerprint density at radius 2 is 1.41 bits per heavy atom. The first-order valence-corrected chi connectivity index (χ1v) is 4.95. The Kier molecular flexibility index (Phi) is 3.13. The summed E-state index contributed by atoms with van der Waals surface area (Å²) < 4.78 is 52.6. The van der Waals surface area contributed by atoms with Gasteiger partial charge in [0.2, 0.25) is 0 Å². The molecule has 0 saturated heterocycles. The van der Waals surface area contributed by atoms with Gasteiger partial charge in [0.1, 0.15) is 23.3 Å². The van der Waals surface area contributed by atoms with Gasteiger partial charge in [-0.1, -0.05) is 12.1 Å². The second-order valence-electron chi connectivity index (χ2n) is 3.61. The highest BCUT2D eigenvalue weighted by Crippen LogP contribution is 2.19. The predicted molar refractivity (Wildman–Crippen MR) is 55.5 cm³/mol. The molecule has 88 valence electrons. The maximum atomic E-state index is 13.3. The van der Waals surface area contributed by atoms with Crippen LogP contribution < -0.4 is 0 Å². The Labute approximate surface area is 95.5 Å². The van der Waals surface area contributed by atoms with Gasteiger partial charge in [0, 0.05) is 18.1 Å². The van der Waals surface area contributed by atoms with Crippen molar-refractivity contribution in [3.63, 3.8) is 0 Å². The SMILES string of the molecule is Fc1ccc(Cc2c(F)cccc2F)c(F)c1. The first-order valence-electron chi connectivity index (χ1n) is 4.95. The highest BCUT2D eigenvalue weighted by atomic mass is 19.1. The Hall–Kier alpha value is -1.84. The van der Waals surface area contributed by atoms with Crippen LogP contribution in [0.15, 0.2) is 36.4 Å². The molecule has 0 bridgehead atoms. The van der Waals surface area contributed by atoms with E-state index in [9.17, 15) is 17.6 Å². The van der Waals surface area contributed by atoms with Crippen LogP contribution in [0, 0.1) is 23.3 Å². The Bertz CT molecular complexity index is 529. The van der Waals surface area contributed by atoms with Crippen molar-refractivity contribution in [1.82, 2.24) is 0 Å². The smallest absolute Gasteiger partial charge is 0.129 e. The molecule has 0 atom stereocenters.